The molecule has 0 fully saturated rings. The van der Waals surface area contributed by atoms with Gasteiger partial charge in [0, 0.05) is 0 Å². The van der Waals surface area contributed by atoms with Crippen LogP contribution >= 0.6 is 0 Å². The zero-order chi connectivity index (χ0) is 12.2. The van der Waals surface area contributed by atoms with E-state index in [0.29, 0.717) is 11.8 Å². The first-order valence-corrected chi connectivity index (χ1v) is 6.55. The molecule has 0 heterocycles. The van der Waals surface area contributed by atoms with Crippen molar-refractivity contribution in [2.75, 3.05) is 0 Å². The first-order valence-electron chi connectivity index (χ1n) is 6.55. The quantitative estimate of drug-likeness (QED) is 0.648. The third kappa shape index (κ3) is 1.30. The molecule has 1 atom stereocenters. The number of benzene rings is 2. The van der Waals surface area contributed by atoms with Crippen LogP contribution in [0.2, 0.25) is 0 Å². The second-order valence-electron chi connectivity index (χ2n) is 6.19. The summed E-state index contributed by atoms with van der Waals surface area (Å²) in [7, 11) is 0. The largest absolute Gasteiger partial charge is 0.0622 e. The Labute approximate surface area is 104 Å². The summed E-state index contributed by atoms with van der Waals surface area (Å²) in [5, 5.41) is 2.91. The van der Waals surface area contributed by atoms with Gasteiger partial charge in [0.05, 0.1) is 0 Å². The van der Waals surface area contributed by atoms with Crippen LogP contribution in [-0.2, 0) is 5.41 Å². The Kier molecular flexibility index (Phi) is 2.13. The molecule has 1 aliphatic rings. The van der Waals surface area contributed by atoms with E-state index >= 15 is 0 Å². The second kappa shape index (κ2) is 3.35. The van der Waals surface area contributed by atoms with Crippen LogP contribution in [0.25, 0.3) is 10.8 Å². The van der Waals surface area contributed by atoms with Crippen LogP contribution in [0, 0.1) is 5.92 Å². The van der Waals surface area contributed by atoms with Crippen molar-refractivity contribution in [3.63, 3.8) is 0 Å². The molecule has 0 saturated heterocycles. The molecule has 1 aliphatic carbocycles. The van der Waals surface area contributed by atoms with Gasteiger partial charge in [-0.25, -0.2) is 0 Å². The van der Waals surface area contributed by atoms with E-state index in [4.69, 9.17) is 0 Å². The summed E-state index contributed by atoms with van der Waals surface area (Å²) < 4.78 is 0. The van der Waals surface area contributed by atoms with Crippen molar-refractivity contribution >= 4 is 10.8 Å². The zero-order valence-electron chi connectivity index (χ0n) is 11.1. The summed E-state index contributed by atoms with van der Waals surface area (Å²) in [5.41, 5.74) is 3.35. The molecule has 0 amide bonds. The van der Waals surface area contributed by atoms with Crippen LogP contribution in [0.15, 0.2) is 36.4 Å². The predicted octanol–water partition coefficient (Wildman–Crippen LogP) is 4.87. The summed E-state index contributed by atoms with van der Waals surface area (Å²) in [4.78, 5) is 0. The van der Waals surface area contributed by atoms with Crippen LogP contribution in [0.3, 0.4) is 0 Å². The van der Waals surface area contributed by atoms with Crippen LogP contribution in [0.4, 0.5) is 0 Å². The molecule has 0 bridgehead atoms. The highest BCUT2D eigenvalue weighted by Crippen LogP contribution is 2.53. The smallest absolute Gasteiger partial charge is 0.00260 e. The third-order valence-corrected chi connectivity index (χ3v) is 4.41. The Balaban J connectivity index is 2.41. The summed E-state index contributed by atoms with van der Waals surface area (Å²) in [6.07, 6.45) is 0. The highest BCUT2D eigenvalue weighted by atomic mass is 14.4. The SMILES string of the molecule is CC(C)C1c2cccc3cccc(c23)C1(C)C. The van der Waals surface area contributed by atoms with E-state index in [-0.39, 0.29) is 5.41 Å². The molecule has 17 heavy (non-hydrogen) atoms. The molecule has 0 spiro atoms. The van der Waals surface area contributed by atoms with Gasteiger partial charge < -0.3 is 0 Å². The molecule has 1 unspecified atom stereocenters. The highest BCUT2D eigenvalue weighted by Gasteiger charge is 2.41. The second-order valence-corrected chi connectivity index (χ2v) is 6.19. The zero-order valence-corrected chi connectivity index (χ0v) is 11.1. The molecule has 0 saturated carbocycles. The van der Waals surface area contributed by atoms with Gasteiger partial charge in [-0.1, -0.05) is 64.1 Å². The van der Waals surface area contributed by atoms with E-state index in [9.17, 15) is 0 Å². The van der Waals surface area contributed by atoms with Crippen molar-refractivity contribution in [3.8, 4) is 0 Å². The maximum absolute atomic E-state index is 2.40. The minimum atomic E-state index is 0.261. The predicted molar refractivity (Wildman–Crippen MR) is 74.6 cm³/mol. The van der Waals surface area contributed by atoms with E-state index in [0.717, 1.165) is 0 Å². The lowest BCUT2D eigenvalue weighted by Gasteiger charge is -2.32. The minimum absolute atomic E-state index is 0.261. The minimum Gasteiger partial charge on any atom is -0.0622 e. The average molecular weight is 224 g/mol. The monoisotopic (exact) mass is 224 g/mol. The fourth-order valence-corrected chi connectivity index (χ4v) is 3.91. The van der Waals surface area contributed by atoms with Crippen molar-refractivity contribution in [1.82, 2.24) is 0 Å². The highest BCUT2D eigenvalue weighted by molar-refractivity contribution is 5.93. The van der Waals surface area contributed by atoms with Crippen molar-refractivity contribution in [1.29, 1.82) is 0 Å². The van der Waals surface area contributed by atoms with Crippen molar-refractivity contribution in [2.45, 2.75) is 39.0 Å². The Morgan fingerprint density at radius 2 is 1.65 bits per heavy atom. The summed E-state index contributed by atoms with van der Waals surface area (Å²) in [5.74, 6) is 1.33. The molecule has 0 aliphatic heterocycles. The maximum Gasteiger partial charge on any atom is -0.00260 e. The normalized spacial score (nSPS) is 21.4. The van der Waals surface area contributed by atoms with Gasteiger partial charge >= 0.3 is 0 Å². The van der Waals surface area contributed by atoms with E-state index in [1.54, 1.807) is 5.56 Å². The van der Waals surface area contributed by atoms with Gasteiger partial charge in [-0.2, -0.15) is 0 Å². The van der Waals surface area contributed by atoms with Crippen molar-refractivity contribution < 1.29 is 0 Å². The van der Waals surface area contributed by atoms with Crippen molar-refractivity contribution in [2.24, 2.45) is 5.92 Å². The fourth-order valence-electron chi connectivity index (χ4n) is 3.91. The molecule has 0 nitrogen and oxygen atoms in total. The lowest BCUT2D eigenvalue weighted by molar-refractivity contribution is 0.345. The lowest BCUT2D eigenvalue weighted by Crippen LogP contribution is -2.25. The van der Waals surface area contributed by atoms with Gasteiger partial charge in [-0.3, -0.25) is 0 Å². The Morgan fingerprint density at radius 1 is 1.00 bits per heavy atom. The molecule has 88 valence electrons. The van der Waals surface area contributed by atoms with E-state index in [2.05, 4.69) is 64.1 Å². The molecule has 2 aromatic rings. The van der Waals surface area contributed by atoms with Crippen LogP contribution in [0.5, 0.6) is 0 Å². The molecular formula is C17H20. The Bertz CT molecular complexity index is 570. The van der Waals surface area contributed by atoms with E-state index in [1.165, 1.54) is 16.3 Å². The molecule has 0 heteroatoms. The summed E-state index contributed by atoms with van der Waals surface area (Å²) >= 11 is 0. The molecule has 3 rings (SSSR count). The number of hydrogen-bond acceptors (Lipinski definition) is 0. The van der Waals surface area contributed by atoms with E-state index < -0.39 is 0 Å². The summed E-state index contributed by atoms with van der Waals surface area (Å²) in [6, 6.07) is 13.5. The Morgan fingerprint density at radius 3 is 2.29 bits per heavy atom. The van der Waals surface area contributed by atoms with Gasteiger partial charge in [0.25, 0.3) is 0 Å². The first-order chi connectivity index (χ1) is 8.03. The first kappa shape index (κ1) is 10.8. The van der Waals surface area contributed by atoms with Gasteiger partial charge in [-0.15, -0.1) is 0 Å². The number of rotatable bonds is 1. The topological polar surface area (TPSA) is 0 Å². The van der Waals surface area contributed by atoms with Gasteiger partial charge in [0.2, 0.25) is 0 Å². The molecule has 2 aromatic carbocycles. The van der Waals surface area contributed by atoms with Gasteiger partial charge in [0.15, 0.2) is 0 Å². The van der Waals surface area contributed by atoms with Gasteiger partial charge in [0.1, 0.15) is 0 Å². The molecular weight excluding hydrogens is 204 g/mol. The molecule has 0 N–H and O–H groups in total. The van der Waals surface area contributed by atoms with E-state index in [1.807, 2.05) is 0 Å². The lowest BCUT2D eigenvalue weighted by atomic mass is 9.71. The maximum atomic E-state index is 2.40. The summed E-state index contributed by atoms with van der Waals surface area (Å²) in [6.45, 7) is 9.48. The molecule has 0 aromatic heterocycles. The standard InChI is InChI=1S/C17H20/c1-11(2)16-13-9-5-7-12-8-6-10-14(15(12)13)17(16,3)4/h5-11,16H,1-4H3. The molecule has 0 radical (unpaired) electrons. The van der Waals surface area contributed by atoms with Crippen LogP contribution < -0.4 is 0 Å². The van der Waals surface area contributed by atoms with Crippen LogP contribution in [0.1, 0.15) is 44.7 Å². The fraction of sp³-hybridized carbons (Fsp3) is 0.412. The number of hydrogen-bond donors (Lipinski definition) is 0. The van der Waals surface area contributed by atoms with Crippen molar-refractivity contribution in [3.05, 3.63) is 47.5 Å². The van der Waals surface area contributed by atoms with Gasteiger partial charge in [-0.05, 0) is 39.2 Å². The third-order valence-electron chi connectivity index (χ3n) is 4.41. The van der Waals surface area contributed by atoms with Crippen LogP contribution in [-0.4, -0.2) is 0 Å². The average Bonchev–Trinajstić information content (AvgIpc) is 2.50. The Hall–Kier alpha value is -1.30.